The molecule has 0 saturated heterocycles. The first-order valence-electron chi connectivity index (χ1n) is 6.48. The zero-order valence-electron chi connectivity index (χ0n) is 10.9. The van der Waals surface area contributed by atoms with Crippen molar-refractivity contribution in [3.63, 3.8) is 0 Å². The Morgan fingerprint density at radius 1 is 1.10 bits per heavy atom. The number of hydrogen-bond donors (Lipinski definition) is 3. The van der Waals surface area contributed by atoms with E-state index in [0.29, 0.717) is 16.4 Å². The fraction of sp³-hybridized carbons (Fsp3) is 0. The van der Waals surface area contributed by atoms with Gasteiger partial charge in [-0.2, -0.15) is 0 Å². The lowest BCUT2D eigenvalue weighted by molar-refractivity contribution is 0.462. The molecule has 0 spiro atoms. The number of para-hydroxylation sites is 1. The summed E-state index contributed by atoms with van der Waals surface area (Å²) < 4.78 is 0. The maximum Gasteiger partial charge on any atom is 0.223 e. The molecule has 0 fully saturated rings. The molecule has 0 amide bonds. The summed E-state index contributed by atoms with van der Waals surface area (Å²) in [6.07, 6.45) is 1.78. The summed E-state index contributed by atoms with van der Waals surface area (Å²) in [4.78, 5) is 19.6. The summed E-state index contributed by atoms with van der Waals surface area (Å²) in [6.45, 7) is 0. The van der Waals surface area contributed by atoms with Gasteiger partial charge in [-0.05, 0) is 23.6 Å². The highest BCUT2D eigenvalue weighted by Gasteiger charge is 2.14. The van der Waals surface area contributed by atoms with Gasteiger partial charge in [0.15, 0.2) is 0 Å². The number of aromatic hydroxyl groups is 1. The Morgan fingerprint density at radius 3 is 2.76 bits per heavy atom. The highest BCUT2D eigenvalue weighted by molar-refractivity contribution is 6.18. The highest BCUT2D eigenvalue weighted by atomic mass is 16.3. The number of nitrogens with two attached hydrogens (primary N) is 1. The van der Waals surface area contributed by atoms with Crippen LogP contribution in [0.1, 0.15) is 0 Å². The van der Waals surface area contributed by atoms with Gasteiger partial charge in [0.05, 0.1) is 16.6 Å². The molecular formula is C16H11N3O2. The summed E-state index contributed by atoms with van der Waals surface area (Å²) in [6, 6.07) is 10.9. The maximum absolute atomic E-state index is 12.3. The van der Waals surface area contributed by atoms with Gasteiger partial charge in [-0.1, -0.05) is 18.2 Å². The van der Waals surface area contributed by atoms with E-state index in [2.05, 4.69) is 9.97 Å². The monoisotopic (exact) mass is 277 g/mol. The normalized spacial score (nSPS) is 11.4. The lowest BCUT2D eigenvalue weighted by Crippen LogP contribution is -2.08. The van der Waals surface area contributed by atoms with Crippen molar-refractivity contribution in [3.8, 4) is 5.88 Å². The van der Waals surface area contributed by atoms with Crippen LogP contribution in [0.25, 0.3) is 32.6 Å². The molecule has 5 heteroatoms. The first-order chi connectivity index (χ1) is 10.2. The van der Waals surface area contributed by atoms with E-state index in [9.17, 15) is 9.90 Å². The summed E-state index contributed by atoms with van der Waals surface area (Å²) in [5, 5.41) is 12.8. The number of nitrogen functional groups attached to an aromatic ring is 1. The molecule has 4 aromatic rings. The minimum atomic E-state index is -0.405. The van der Waals surface area contributed by atoms with Gasteiger partial charge in [0.25, 0.3) is 0 Å². The molecule has 0 aliphatic carbocycles. The molecule has 4 rings (SSSR count). The molecule has 2 aromatic carbocycles. The van der Waals surface area contributed by atoms with Crippen LogP contribution in [0.3, 0.4) is 0 Å². The van der Waals surface area contributed by atoms with Crippen molar-refractivity contribution in [2.75, 3.05) is 5.73 Å². The van der Waals surface area contributed by atoms with Crippen LogP contribution in [-0.4, -0.2) is 15.1 Å². The van der Waals surface area contributed by atoms with Crippen molar-refractivity contribution in [1.29, 1.82) is 0 Å². The number of pyridine rings is 1. The number of anilines is 1. The fourth-order valence-electron chi connectivity index (χ4n) is 2.78. The van der Waals surface area contributed by atoms with Gasteiger partial charge in [-0.25, -0.2) is 4.98 Å². The highest BCUT2D eigenvalue weighted by Crippen LogP contribution is 2.32. The van der Waals surface area contributed by atoms with Gasteiger partial charge in [0.2, 0.25) is 11.3 Å². The van der Waals surface area contributed by atoms with Crippen molar-refractivity contribution in [1.82, 2.24) is 9.97 Å². The second-order valence-corrected chi connectivity index (χ2v) is 4.94. The smallest absolute Gasteiger partial charge is 0.223 e. The number of nitrogens with one attached hydrogen (secondary N) is 1. The standard InChI is InChI=1S/C16H11N3O2/c17-10-7-12-13-9(5-6-18-12)8-3-1-2-4-11(8)19-16(21)14(13)15(10)20/h1-7,18,21H,17H2. The zero-order chi connectivity index (χ0) is 14.6. The molecule has 0 bridgehead atoms. The number of hydrogen-bond acceptors (Lipinski definition) is 4. The molecule has 0 saturated carbocycles. The lowest BCUT2D eigenvalue weighted by Gasteiger charge is -2.04. The van der Waals surface area contributed by atoms with Crippen LogP contribution < -0.4 is 11.2 Å². The van der Waals surface area contributed by atoms with Gasteiger partial charge >= 0.3 is 0 Å². The number of H-pyrrole nitrogens is 1. The van der Waals surface area contributed by atoms with Crippen molar-refractivity contribution in [2.24, 2.45) is 0 Å². The second kappa shape index (κ2) is 3.96. The van der Waals surface area contributed by atoms with Gasteiger partial charge < -0.3 is 15.8 Å². The van der Waals surface area contributed by atoms with Crippen molar-refractivity contribution in [2.45, 2.75) is 0 Å². The topological polar surface area (TPSA) is 92.0 Å². The Morgan fingerprint density at radius 2 is 1.90 bits per heavy atom. The lowest BCUT2D eigenvalue weighted by atomic mass is 10.0. The van der Waals surface area contributed by atoms with E-state index in [1.165, 1.54) is 0 Å². The molecular weight excluding hydrogens is 266 g/mol. The average Bonchev–Trinajstić information content (AvgIpc) is 2.60. The van der Waals surface area contributed by atoms with E-state index >= 15 is 0 Å². The first-order valence-corrected chi connectivity index (χ1v) is 6.48. The summed E-state index contributed by atoms with van der Waals surface area (Å²) >= 11 is 0. The summed E-state index contributed by atoms with van der Waals surface area (Å²) in [7, 11) is 0. The molecule has 0 atom stereocenters. The third-order valence-electron chi connectivity index (χ3n) is 3.71. The van der Waals surface area contributed by atoms with Crippen LogP contribution in [0.15, 0.2) is 47.4 Å². The van der Waals surface area contributed by atoms with E-state index in [1.54, 1.807) is 18.3 Å². The third kappa shape index (κ3) is 1.51. The fourth-order valence-corrected chi connectivity index (χ4v) is 2.78. The molecule has 5 nitrogen and oxygen atoms in total. The maximum atomic E-state index is 12.3. The predicted octanol–water partition coefficient (Wildman–Crippen LogP) is 2.52. The van der Waals surface area contributed by atoms with E-state index in [-0.39, 0.29) is 17.0 Å². The molecule has 0 radical (unpaired) electrons. The van der Waals surface area contributed by atoms with Crippen molar-refractivity contribution < 1.29 is 5.11 Å². The van der Waals surface area contributed by atoms with Crippen LogP contribution in [0.2, 0.25) is 0 Å². The molecule has 102 valence electrons. The Bertz CT molecular complexity index is 1080. The number of aromatic nitrogens is 2. The van der Waals surface area contributed by atoms with Crippen molar-refractivity contribution >= 4 is 38.3 Å². The average molecular weight is 277 g/mol. The largest absolute Gasteiger partial charge is 0.493 e. The Kier molecular flexibility index (Phi) is 2.21. The van der Waals surface area contributed by atoms with Gasteiger partial charge in [-0.3, -0.25) is 4.79 Å². The van der Waals surface area contributed by atoms with Gasteiger partial charge in [-0.15, -0.1) is 0 Å². The Labute approximate surface area is 118 Å². The van der Waals surface area contributed by atoms with Crippen LogP contribution in [0.5, 0.6) is 5.88 Å². The molecule has 21 heavy (non-hydrogen) atoms. The van der Waals surface area contributed by atoms with E-state index in [1.807, 2.05) is 24.3 Å². The van der Waals surface area contributed by atoms with Crippen LogP contribution >= 0.6 is 0 Å². The molecule has 2 aromatic heterocycles. The molecule has 4 N–H and O–H groups in total. The summed E-state index contributed by atoms with van der Waals surface area (Å²) in [5.41, 5.74) is 6.75. The zero-order valence-corrected chi connectivity index (χ0v) is 10.9. The van der Waals surface area contributed by atoms with Crippen molar-refractivity contribution in [3.05, 3.63) is 52.8 Å². The minimum Gasteiger partial charge on any atom is -0.493 e. The Hall–Kier alpha value is -3.08. The van der Waals surface area contributed by atoms with Gasteiger partial charge in [0, 0.05) is 22.5 Å². The molecule has 2 heterocycles. The molecule has 0 aliphatic heterocycles. The quantitative estimate of drug-likeness (QED) is 0.431. The van der Waals surface area contributed by atoms with E-state index in [4.69, 9.17) is 5.73 Å². The van der Waals surface area contributed by atoms with Crippen LogP contribution in [0.4, 0.5) is 5.69 Å². The van der Waals surface area contributed by atoms with Gasteiger partial charge in [0.1, 0.15) is 0 Å². The third-order valence-corrected chi connectivity index (χ3v) is 3.71. The first kappa shape index (κ1) is 11.7. The second-order valence-electron chi connectivity index (χ2n) is 4.94. The minimum absolute atomic E-state index is 0.0820. The number of nitrogens with zero attached hydrogens (tertiary/aromatic N) is 1. The number of fused-ring (bicyclic) bond motifs is 2. The predicted molar refractivity (Wildman–Crippen MR) is 83.5 cm³/mol. The van der Waals surface area contributed by atoms with Crippen LogP contribution in [0, 0.1) is 0 Å². The number of aromatic amines is 1. The SMILES string of the molecule is Nc1cc2[nH]ccc3c4ccccc4nc(O)c(c1=O)c23. The Balaban J connectivity index is 2.53. The molecule has 0 unspecified atom stereocenters. The molecule has 0 aliphatic rings. The van der Waals surface area contributed by atoms with E-state index < -0.39 is 5.43 Å². The van der Waals surface area contributed by atoms with Crippen LogP contribution in [-0.2, 0) is 0 Å². The number of rotatable bonds is 0. The number of benzene rings is 2. The summed E-state index contributed by atoms with van der Waals surface area (Å²) in [5.74, 6) is -0.303. The van der Waals surface area contributed by atoms with E-state index in [0.717, 1.165) is 10.8 Å².